The SMILES string of the molecule is Cc1cc(SC(N)C(=O)O)ccc1Cl. The lowest BCUT2D eigenvalue weighted by molar-refractivity contribution is -0.136. The molecule has 0 saturated carbocycles. The van der Waals surface area contributed by atoms with Crippen LogP contribution in [0.4, 0.5) is 0 Å². The molecule has 1 atom stereocenters. The molecule has 5 heteroatoms. The van der Waals surface area contributed by atoms with Crippen molar-refractivity contribution < 1.29 is 9.90 Å². The number of aliphatic carboxylic acids is 1. The molecule has 0 spiro atoms. The van der Waals surface area contributed by atoms with Crippen LogP contribution in [-0.2, 0) is 4.79 Å². The van der Waals surface area contributed by atoms with Gasteiger partial charge in [0.15, 0.2) is 5.37 Å². The van der Waals surface area contributed by atoms with E-state index in [9.17, 15) is 4.79 Å². The van der Waals surface area contributed by atoms with E-state index in [-0.39, 0.29) is 0 Å². The lowest BCUT2D eigenvalue weighted by Gasteiger charge is -2.07. The van der Waals surface area contributed by atoms with Gasteiger partial charge in [0.25, 0.3) is 0 Å². The van der Waals surface area contributed by atoms with Crippen LogP contribution in [0.15, 0.2) is 23.1 Å². The predicted octanol–water partition coefficient (Wildman–Crippen LogP) is 2.11. The topological polar surface area (TPSA) is 63.3 Å². The summed E-state index contributed by atoms with van der Waals surface area (Å²) in [6.07, 6.45) is 0. The molecule has 0 radical (unpaired) electrons. The Morgan fingerprint density at radius 3 is 2.79 bits per heavy atom. The van der Waals surface area contributed by atoms with E-state index >= 15 is 0 Å². The molecular weight excluding hydrogens is 222 g/mol. The van der Waals surface area contributed by atoms with E-state index in [0.29, 0.717) is 5.02 Å². The summed E-state index contributed by atoms with van der Waals surface area (Å²) in [4.78, 5) is 11.3. The van der Waals surface area contributed by atoms with Crippen LogP contribution in [0.25, 0.3) is 0 Å². The van der Waals surface area contributed by atoms with E-state index in [1.807, 2.05) is 13.0 Å². The van der Waals surface area contributed by atoms with Crippen LogP contribution in [0, 0.1) is 6.92 Å². The van der Waals surface area contributed by atoms with Crippen molar-refractivity contribution in [1.29, 1.82) is 0 Å². The Hall–Kier alpha value is -0.710. The second kappa shape index (κ2) is 4.68. The smallest absolute Gasteiger partial charge is 0.331 e. The van der Waals surface area contributed by atoms with Crippen molar-refractivity contribution in [2.24, 2.45) is 5.73 Å². The highest BCUT2D eigenvalue weighted by Gasteiger charge is 2.12. The Bertz CT molecular complexity index is 357. The molecule has 1 aromatic rings. The second-order valence-electron chi connectivity index (χ2n) is 2.79. The first-order valence-corrected chi connectivity index (χ1v) is 5.17. The number of carboxylic acid groups (broad SMARTS) is 1. The lowest BCUT2D eigenvalue weighted by Crippen LogP contribution is -2.25. The monoisotopic (exact) mass is 231 g/mol. The fourth-order valence-electron chi connectivity index (χ4n) is 0.888. The molecule has 0 bridgehead atoms. The normalized spacial score (nSPS) is 12.5. The van der Waals surface area contributed by atoms with Crippen LogP contribution in [0.2, 0.25) is 5.02 Å². The summed E-state index contributed by atoms with van der Waals surface area (Å²) in [5.41, 5.74) is 6.28. The number of benzene rings is 1. The maximum absolute atomic E-state index is 10.5. The maximum atomic E-state index is 10.5. The van der Waals surface area contributed by atoms with Crippen molar-refractivity contribution in [1.82, 2.24) is 0 Å². The number of hydrogen-bond acceptors (Lipinski definition) is 3. The number of carboxylic acids is 1. The molecule has 0 saturated heterocycles. The molecule has 3 N–H and O–H groups in total. The molecule has 0 aliphatic rings. The van der Waals surface area contributed by atoms with E-state index in [1.54, 1.807) is 12.1 Å². The van der Waals surface area contributed by atoms with E-state index in [2.05, 4.69) is 0 Å². The summed E-state index contributed by atoms with van der Waals surface area (Å²) >= 11 is 6.92. The van der Waals surface area contributed by atoms with Crippen LogP contribution in [-0.4, -0.2) is 16.4 Å². The Balaban J connectivity index is 2.78. The van der Waals surface area contributed by atoms with Gasteiger partial charge in [-0.25, -0.2) is 4.79 Å². The molecule has 1 unspecified atom stereocenters. The predicted molar refractivity (Wildman–Crippen MR) is 57.7 cm³/mol. The molecular formula is C9H10ClNO2S. The number of hydrogen-bond donors (Lipinski definition) is 2. The summed E-state index contributed by atoms with van der Waals surface area (Å²) in [5, 5.41) is 8.33. The summed E-state index contributed by atoms with van der Waals surface area (Å²) in [7, 11) is 0. The van der Waals surface area contributed by atoms with Crippen LogP contribution >= 0.6 is 23.4 Å². The molecule has 76 valence electrons. The minimum absolute atomic E-state index is 0.665. The number of thioether (sulfide) groups is 1. The van der Waals surface area contributed by atoms with Gasteiger partial charge in [-0.3, -0.25) is 0 Å². The van der Waals surface area contributed by atoms with Crippen LogP contribution < -0.4 is 5.73 Å². The standard InChI is InChI=1S/C9H10ClNO2S/c1-5-4-6(2-3-7(5)10)14-8(11)9(12)13/h2-4,8H,11H2,1H3,(H,12,13). The average molecular weight is 232 g/mol. The average Bonchev–Trinajstić information content (AvgIpc) is 2.11. The first kappa shape index (κ1) is 11.4. The van der Waals surface area contributed by atoms with E-state index in [4.69, 9.17) is 22.4 Å². The summed E-state index contributed by atoms with van der Waals surface area (Å²) in [6.45, 7) is 1.86. The van der Waals surface area contributed by atoms with Gasteiger partial charge in [-0.1, -0.05) is 23.4 Å². The van der Waals surface area contributed by atoms with Crippen molar-refractivity contribution in [3.05, 3.63) is 28.8 Å². The number of rotatable bonds is 3. The third-order valence-corrected chi connectivity index (χ3v) is 3.04. The second-order valence-corrected chi connectivity index (χ2v) is 4.41. The molecule has 0 aromatic heterocycles. The number of carbonyl (C=O) groups is 1. The van der Waals surface area contributed by atoms with Gasteiger partial charge in [-0.05, 0) is 30.7 Å². The molecule has 0 aliphatic carbocycles. The maximum Gasteiger partial charge on any atom is 0.331 e. The Kier molecular flexibility index (Phi) is 3.80. The largest absolute Gasteiger partial charge is 0.479 e. The minimum Gasteiger partial charge on any atom is -0.479 e. The number of aryl methyl sites for hydroxylation is 1. The van der Waals surface area contributed by atoms with E-state index in [1.165, 1.54) is 0 Å². The Morgan fingerprint density at radius 2 is 2.29 bits per heavy atom. The minimum atomic E-state index is -1.03. The molecule has 0 amide bonds. The van der Waals surface area contributed by atoms with Crippen LogP contribution in [0.1, 0.15) is 5.56 Å². The van der Waals surface area contributed by atoms with Gasteiger partial charge in [-0.15, -0.1) is 0 Å². The molecule has 0 fully saturated rings. The zero-order chi connectivity index (χ0) is 10.7. The highest BCUT2D eigenvalue weighted by atomic mass is 35.5. The van der Waals surface area contributed by atoms with Gasteiger partial charge in [-0.2, -0.15) is 0 Å². The van der Waals surface area contributed by atoms with Gasteiger partial charge >= 0.3 is 5.97 Å². The molecule has 14 heavy (non-hydrogen) atoms. The van der Waals surface area contributed by atoms with Gasteiger partial charge in [0.05, 0.1) is 0 Å². The van der Waals surface area contributed by atoms with Gasteiger partial charge < -0.3 is 10.8 Å². The Morgan fingerprint density at radius 1 is 1.64 bits per heavy atom. The van der Waals surface area contributed by atoms with Crippen LogP contribution in [0.3, 0.4) is 0 Å². The first-order valence-electron chi connectivity index (χ1n) is 3.92. The van der Waals surface area contributed by atoms with Crippen molar-refractivity contribution in [3.8, 4) is 0 Å². The van der Waals surface area contributed by atoms with Crippen LogP contribution in [0.5, 0.6) is 0 Å². The fourth-order valence-corrected chi connectivity index (χ4v) is 1.79. The van der Waals surface area contributed by atoms with Gasteiger partial charge in [0.2, 0.25) is 0 Å². The molecule has 3 nitrogen and oxygen atoms in total. The number of halogens is 1. The van der Waals surface area contributed by atoms with Gasteiger partial charge in [0.1, 0.15) is 0 Å². The summed E-state index contributed by atoms with van der Waals surface area (Å²) in [5.74, 6) is -1.03. The van der Waals surface area contributed by atoms with E-state index < -0.39 is 11.3 Å². The summed E-state index contributed by atoms with van der Waals surface area (Å²) < 4.78 is 0. The van der Waals surface area contributed by atoms with Crippen molar-refractivity contribution >= 4 is 29.3 Å². The van der Waals surface area contributed by atoms with Crippen molar-refractivity contribution in [2.75, 3.05) is 0 Å². The van der Waals surface area contributed by atoms with Crippen molar-refractivity contribution in [3.63, 3.8) is 0 Å². The first-order chi connectivity index (χ1) is 6.50. The highest BCUT2D eigenvalue weighted by molar-refractivity contribution is 8.00. The van der Waals surface area contributed by atoms with Crippen molar-refractivity contribution in [2.45, 2.75) is 17.2 Å². The van der Waals surface area contributed by atoms with E-state index in [0.717, 1.165) is 22.2 Å². The zero-order valence-corrected chi connectivity index (χ0v) is 9.10. The molecule has 1 aromatic carbocycles. The molecule has 0 aliphatic heterocycles. The summed E-state index contributed by atoms with van der Waals surface area (Å²) in [6, 6.07) is 5.30. The Labute approximate surface area is 91.2 Å². The zero-order valence-electron chi connectivity index (χ0n) is 7.53. The third-order valence-electron chi connectivity index (χ3n) is 1.64. The third kappa shape index (κ3) is 2.90. The quantitative estimate of drug-likeness (QED) is 0.618. The van der Waals surface area contributed by atoms with Gasteiger partial charge in [0, 0.05) is 9.92 Å². The highest BCUT2D eigenvalue weighted by Crippen LogP contribution is 2.25. The molecule has 0 heterocycles. The molecule has 1 rings (SSSR count). The number of nitrogens with two attached hydrogens (primary N) is 1. The fraction of sp³-hybridized carbons (Fsp3) is 0.222. The lowest BCUT2D eigenvalue weighted by atomic mass is 10.2.